The average molecular weight is 207 g/mol. The molecule has 2 aliphatic rings. The molecule has 0 unspecified atom stereocenters. The number of fused-ring (bicyclic) bond motifs is 2. The van der Waals surface area contributed by atoms with E-state index in [-0.39, 0.29) is 5.60 Å². The SMILES string of the molecule is [O-][n+]1cccc2c1C1(CCOCC1)OC2. The van der Waals surface area contributed by atoms with Gasteiger partial charge >= 0.3 is 0 Å². The maximum Gasteiger partial charge on any atom is 0.230 e. The largest absolute Gasteiger partial charge is 0.618 e. The van der Waals surface area contributed by atoms with Crippen LogP contribution in [0, 0.1) is 5.21 Å². The third-order valence-electron chi connectivity index (χ3n) is 3.28. The maximum atomic E-state index is 11.8. The Balaban J connectivity index is 2.09. The third kappa shape index (κ3) is 1.25. The van der Waals surface area contributed by atoms with Crippen LogP contribution < -0.4 is 4.73 Å². The van der Waals surface area contributed by atoms with Crippen LogP contribution in [0.15, 0.2) is 18.3 Å². The zero-order chi connectivity index (χ0) is 10.3. The lowest BCUT2D eigenvalue weighted by Gasteiger charge is -2.30. The van der Waals surface area contributed by atoms with Crippen molar-refractivity contribution in [2.45, 2.75) is 25.0 Å². The van der Waals surface area contributed by atoms with Gasteiger partial charge in [0.05, 0.1) is 6.61 Å². The first-order chi connectivity index (χ1) is 7.32. The van der Waals surface area contributed by atoms with E-state index in [9.17, 15) is 5.21 Å². The van der Waals surface area contributed by atoms with E-state index in [1.54, 1.807) is 12.3 Å². The zero-order valence-corrected chi connectivity index (χ0v) is 8.44. The van der Waals surface area contributed by atoms with Crippen LogP contribution in [0.3, 0.4) is 0 Å². The highest BCUT2D eigenvalue weighted by atomic mass is 16.5. The molecule has 4 nitrogen and oxygen atoms in total. The molecule has 1 spiro atoms. The number of rotatable bonds is 0. The molecule has 1 aromatic heterocycles. The molecule has 0 atom stereocenters. The Bertz CT molecular complexity index is 380. The van der Waals surface area contributed by atoms with Crippen LogP contribution in [-0.4, -0.2) is 13.2 Å². The lowest BCUT2D eigenvalue weighted by atomic mass is 9.89. The Labute approximate surface area is 88.0 Å². The Morgan fingerprint density at radius 1 is 1.33 bits per heavy atom. The van der Waals surface area contributed by atoms with Crippen LogP contribution in [-0.2, 0) is 21.7 Å². The summed E-state index contributed by atoms with van der Waals surface area (Å²) in [5.41, 5.74) is 1.44. The van der Waals surface area contributed by atoms with Crippen molar-refractivity contribution in [3.05, 3.63) is 34.8 Å². The van der Waals surface area contributed by atoms with Crippen LogP contribution in [0.4, 0.5) is 0 Å². The molecule has 1 fully saturated rings. The molecule has 15 heavy (non-hydrogen) atoms. The fraction of sp³-hybridized carbons (Fsp3) is 0.545. The van der Waals surface area contributed by atoms with Gasteiger partial charge in [-0.3, -0.25) is 0 Å². The highest BCUT2D eigenvalue weighted by Crippen LogP contribution is 2.41. The van der Waals surface area contributed by atoms with E-state index < -0.39 is 0 Å². The molecule has 3 rings (SSSR count). The van der Waals surface area contributed by atoms with E-state index in [1.807, 2.05) is 6.07 Å². The predicted molar refractivity (Wildman–Crippen MR) is 51.9 cm³/mol. The normalized spacial score (nSPS) is 22.9. The minimum absolute atomic E-state index is 0.378. The van der Waals surface area contributed by atoms with Gasteiger partial charge in [0.15, 0.2) is 11.8 Å². The summed E-state index contributed by atoms with van der Waals surface area (Å²) in [6, 6.07) is 3.74. The first kappa shape index (κ1) is 9.12. The molecule has 0 aliphatic carbocycles. The van der Waals surface area contributed by atoms with Crippen molar-refractivity contribution in [2.75, 3.05) is 13.2 Å². The van der Waals surface area contributed by atoms with Gasteiger partial charge in [-0.25, -0.2) is 0 Å². The van der Waals surface area contributed by atoms with Crippen molar-refractivity contribution in [2.24, 2.45) is 0 Å². The average Bonchev–Trinajstić information content (AvgIpc) is 2.60. The summed E-state index contributed by atoms with van der Waals surface area (Å²) in [5, 5.41) is 11.8. The molecule has 0 aromatic carbocycles. The third-order valence-corrected chi connectivity index (χ3v) is 3.28. The number of aromatic nitrogens is 1. The Morgan fingerprint density at radius 2 is 2.13 bits per heavy atom. The standard InChI is InChI=1S/C11H13NO3/c13-12-5-1-2-9-8-15-11(10(9)12)3-6-14-7-4-11/h1-2,5H,3-4,6-8H2. The molecule has 0 amide bonds. The second-order valence-electron chi connectivity index (χ2n) is 4.10. The van der Waals surface area contributed by atoms with Gasteiger partial charge in [0.25, 0.3) is 0 Å². The summed E-state index contributed by atoms with van der Waals surface area (Å²) in [5.74, 6) is 0. The summed E-state index contributed by atoms with van der Waals surface area (Å²) in [4.78, 5) is 0. The van der Waals surface area contributed by atoms with Crippen molar-refractivity contribution in [1.29, 1.82) is 0 Å². The number of pyridine rings is 1. The van der Waals surface area contributed by atoms with Crippen molar-refractivity contribution < 1.29 is 14.2 Å². The van der Waals surface area contributed by atoms with Gasteiger partial charge in [-0.15, -0.1) is 0 Å². The lowest BCUT2D eigenvalue weighted by Crippen LogP contribution is -2.44. The van der Waals surface area contributed by atoms with Gasteiger partial charge in [-0.1, -0.05) is 0 Å². The van der Waals surface area contributed by atoms with Crippen LogP contribution in [0.25, 0.3) is 0 Å². The van der Waals surface area contributed by atoms with Crippen molar-refractivity contribution in [3.63, 3.8) is 0 Å². The molecule has 4 heteroatoms. The zero-order valence-electron chi connectivity index (χ0n) is 8.44. The molecule has 80 valence electrons. The van der Waals surface area contributed by atoms with E-state index in [4.69, 9.17) is 9.47 Å². The smallest absolute Gasteiger partial charge is 0.230 e. The van der Waals surface area contributed by atoms with E-state index in [0.717, 1.165) is 28.8 Å². The van der Waals surface area contributed by atoms with Crippen LogP contribution >= 0.6 is 0 Å². The second-order valence-corrected chi connectivity index (χ2v) is 4.10. The molecule has 1 aromatic rings. The molecule has 3 heterocycles. The minimum Gasteiger partial charge on any atom is -0.618 e. The van der Waals surface area contributed by atoms with Crippen LogP contribution in [0.5, 0.6) is 0 Å². The van der Waals surface area contributed by atoms with Crippen molar-refractivity contribution >= 4 is 0 Å². The van der Waals surface area contributed by atoms with E-state index >= 15 is 0 Å². The Morgan fingerprint density at radius 3 is 2.93 bits per heavy atom. The maximum absolute atomic E-state index is 11.8. The topological polar surface area (TPSA) is 45.4 Å². The first-order valence-corrected chi connectivity index (χ1v) is 5.25. The van der Waals surface area contributed by atoms with E-state index in [2.05, 4.69) is 0 Å². The quantitative estimate of drug-likeness (QED) is 0.468. The first-order valence-electron chi connectivity index (χ1n) is 5.25. The fourth-order valence-corrected chi connectivity index (χ4v) is 2.51. The summed E-state index contributed by atoms with van der Waals surface area (Å²) >= 11 is 0. The van der Waals surface area contributed by atoms with E-state index in [0.29, 0.717) is 19.8 Å². The van der Waals surface area contributed by atoms with Crippen LogP contribution in [0.1, 0.15) is 24.1 Å². The second kappa shape index (κ2) is 3.18. The summed E-state index contributed by atoms with van der Waals surface area (Å²) in [7, 11) is 0. The van der Waals surface area contributed by atoms with Crippen molar-refractivity contribution in [3.8, 4) is 0 Å². The highest BCUT2D eigenvalue weighted by molar-refractivity contribution is 5.25. The summed E-state index contributed by atoms with van der Waals surface area (Å²) in [6.07, 6.45) is 3.11. The number of ether oxygens (including phenoxy) is 2. The van der Waals surface area contributed by atoms with Crippen molar-refractivity contribution in [1.82, 2.24) is 0 Å². The molecule has 1 saturated heterocycles. The monoisotopic (exact) mass is 207 g/mol. The van der Waals surface area contributed by atoms with Gasteiger partial charge in [0.1, 0.15) is 0 Å². The number of nitrogens with zero attached hydrogens (tertiary/aromatic N) is 1. The lowest BCUT2D eigenvalue weighted by molar-refractivity contribution is -0.622. The number of hydrogen-bond donors (Lipinski definition) is 0. The Hall–Kier alpha value is -1.13. The van der Waals surface area contributed by atoms with E-state index in [1.165, 1.54) is 0 Å². The van der Waals surface area contributed by atoms with Gasteiger partial charge in [-0.2, -0.15) is 4.73 Å². The Kier molecular flexibility index (Phi) is 1.94. The molecule has 0 bridgehead atoms. The molecule has 0 saturated carbocycles. The fourth-order valence-electron chi connectivity index (χ4n) is 2.51. The molecule has 0 N–H and O–H groups in total. The summed E-state index contributed by atoms with van der Waals surface area (Å²) in [6.45, 7) is 1.90. The molecular weight excluding hydrogens is 194 g/mol. The predicted octanol–water partition coefficient (Wildman–Crippen LogP) is 0.856. The minimum atomic E-state index is -0.378. The molecular formula is C11H13NO3. The van der Waals surface area contributed by atoms with Gasteiger partial charge < -0.3 is 14.7 Å². The highest BCUT2D eigenvalue weighted by Gasteiger charge is 2.47. The molecule has 0 radical (unpaired) electrons. The van der Waals surface area contributed by atoms with Crippen LogP contribution in [0.2, 0.25) is 0 Å². The molecule has 2 aliphatic heterocycles. The van der Waals surface area contributed by atoms with Gasteiger partial charge in [0.2, 0.25) is 5.69 Å². The van der Waals surface area contributed by atoms with Gasteiger partial charge in [0, 0.05) is 37.7 Å². The summed E-state index contributed by atoms with van der Waals surface area (Å²) < 4.78 is 12.1. The van der Waals surface area contributed by atoms with Gasteiger partial charge in [-0.05, 0) is 6.07 Å². The number of hydrogen-bond acceptors (Lipinski definition) is 3.